The molecule has 0 bridgehead atoms. The predicted molar refractivity (Wildman–Crippen MR) is 69.8 cm³/mol. The Morgan fingerprint density at radius 1 is 1.40 bits per heavy atom. The minimum Gasteiger partial charge on any atom is -0.463 e. The molecule has 1 fully saturated rings. The summed E-state index contributed by atoms with van der Waals surface area (Å²) in [6, 6.07) is 3.29. The average Bonchev–Trinajstić information content (AvgIpc) is 2.52. The summed E-state index contributed by atoms with van der Waals surface area (Å²) in [4.78, 5) is 29.5. The zero-order valence-corrected chi connectivity index (χ0v) is 11.1. The summed E-state index contributed by atoms with van der Waals surface area (Å²) < 4.78 is 16.8. The molecule has 0 saturated carbocycles. The van der Waals surface area contributed by atoms with E-state index in [4.69, 9.17) is 4.74 Å². The van der Waals surface area contributed by atoms with E-state index in [1.165, 1.54) is 0 Å². The number of carbonyl (C=O) groups excluding carboxylic acids is 2. The first-order valence-corrected chi connectivity index (χ1v) is 6.64. The molecular formula is C14H17FN2O3. The number of aromatic nitrogens is 1. The summed E-state index contributed by atoms with van der Waals surface area (Å²) in [6.45, 7) is 0.0477. The van der Waals surface area contributed by atoms with Crippen LogP contribution in [0, 0.1) is 5.92 Å². The van der Waals surface area contributed by atoms with Crippen molar-refractivity contribution in [3.05, 3.63) is 30.1 Å². The third-order valence-electron chi connectivity index (χ3n) is 3.29. The van der Waals surface area contributed by atoms with Gasteiger partial charge in [-0.25, -0.2) is 4.39 Å². The van der Waals surface area contributed by atoms with Gasteiger partial charge < -0.3 is 9.64 Å². The van der Waals surface area contributed by atoms with Gasteiger partial charge in [-0.15, -0.1) is 0 Å². The van der Waals surface area contributed by atoms with Crippen LogP contribution in [0.3, 0.4) is 0 Å². The van der Waals surface area contributed by atoms with Crippen molar-refractivity contribution in [1.29, 1.82) is 0 Å². The van der Waals surface area contributed by atoms with E-state index in [2.05, 4.69) is 4.98 Å². The van der Waals surface area contributed by atoms with Crippen molar-refractivity contribution >= 4 is 11.9 Å². The van der Waals surface area contributed by atoms with E-state index >= 15 is 0 Å². The number of carbonyl (C=O) groups is 2. The van der Waals surface area contributed by atoms with E-state index in [0.29, 0.717) is 25.1 Å². The number of esters is 1. The summed E-state index contributed by atoms with van der Waals surface area (Å²) in [7, 11) is 0. The molecular weight excluding hydrogens is 263 g/mol. The fourth-order valence-corrected chi connectivity index (χ4v) is 2.29. The number of hydrogen-bond donors (Lipinski definition) is 0. The van der Waals surface area contributed by atoms with Crippen molar-refractivity contribution in [3.8, 4) is 0 Å². The normalized spacial score (nSPS) is 18.6. The molecule has 1 unspecified atom stereocenters. The highest BCUT2D eigenvalue weighted by atomic mass is 19.1. The Balaban J connectivity index is 1.96. The molecule has 1 aromatic heterocycles. The van der Waals surface area contributed by atoms with E-state index in [1.807, 2.05) is 0 Å². The predicted octanol–water partition coefficient (Wildman–Crippen LogP) is 1.45. The Kier molecular flexibility index (Phi) is 5.03. The number of halogens is 1. The Hall–Kier alpha value is -1.98. The Labute approximate surface area is 116 Å². The highest BCUT2D eigenvalue weighted by Crippen LogP contribution is 2.19. The number of alkyl halides is 1. The third kappa shape index (κ3) is 3.53. The standard InChI is InChI=1S/C14H17FN2O3/c15-5-9-20-14(19)12-2-1-8-17(10-12)13(18)11-3-6-16-7-4-11/h3-4,6-7,12H,1-2,5,8-10H2. The van der Waals surface area contributed by atoms with E-state index < -0.39 is 12.6 Å². The first-order chi connectivity index (χ1) is 9.72. The van der Waals surface area contributed by atoms with Crippen LogP contribution in [0.2, 0.25) is 0 Å². The van der Waals surface area contributed by atoms with E-state index in [1.54, 1.807) is 29.4 Å². The van der Waals surface area contributed by atoms with Gasteiger partial charge in [0.15, 0.2) is 0 Å². The molecule has 20 heavy (non-hydrogen) atoms. The van der Waals surface area contributed by atoms with Gasteiger partial charge >= 0.3 is 5.97 Å². The first-order valence-electron chi connectivity index (χ1n) is 6.64. The molecule has 0 radical (unpaired) electrons. The molecule has 0 N–H and O–H groups in total. The monoisotopic (exact) mass is 280 g/mol. The summed E-state index contributed by atoms with van der Waals surface area (Å²) in [5, 5.41) is 0. The topological polar surface area (TPSA) is 59.5 Å². The van der Waals surface area contributed by atoms with Gasteiger partial charge in [-0.05, 0) is 25.0 Å². The molecule has 0 aromatic carbocycles. The summed E-state index contributed by atoms with van der Waals surface area (Å²) in [6.07, 6.45) is 4.53. The number of pyridine rings is 1. The lowest BCUT2D eigenvalue weighted by atomic mass is 9.97. The largest absolute Gasteiger partial charge is 0.463 e. The van der Waals surface area contributed by atoms with Gasteiger partial charge in [0, 0.05) is 31.0 Å². The van der Waals surface area contributed by atoms with Gasteiger partial charge in [-0.3, -0.25) is 14.6 Å². The number of ether oxygens (including phenoxy) is 1. The zero-order chi connectivity index (χ0) is 14.4. The van der Waals surface area contributed by atoms with Crippen LogP contribution in [0.5, 0.6) is 0 Å². The highest BCUT2D eigenvalue weighted by molar-refractivity contribution is 5.94. The smallest absolute Gasteiger partial charge is 0.310 e. The Morgan fingerprint density at radius 2 is 2.15 bits per heavy atom. The van der Waals surface area contributed by atoms with Crippen LogP contribution >= 0.6 is 0 Å². The number of likely N-dealkylation sites (tertiary alicyclic amines) is 1. The van der Waals surface area contributed by atoms with Crippen molar-refractivity contribution in [1.82, 2.24) is 9.88 Å². The van der Waals surface area contributed by atoms with Gasteiger partial charge in [0.2, 0.25) is 0 Å². The molecule has 1 aromatic rings. The summed E-state index contributed by atoms with van der Waals surface area (Å²) in [5.41, 5.74) is 0.553. The van der Waals surface area contributed by atoms with Crippen LogP contribution < -0.4 is 0 Å². The van der Waals surface area contributed by atoms with Gasteiger partial charge in [0.05, 0.1) is 5.92 Å². The van der Waals surface area contributed by atoms with Crippen LogP contribution in [0.25, 0.3) is 0 Å². The molecule has 6 heteroatoms. The minimum absolute atomic E-state index is 0.115. The molecule has 5 nitrogen and oxygen atoms in total. The van der Waals surface area contributed by atoms with Crippen LogP contribution in [0.1, 0.15) is 23.2 Å². The maximum atomic E-state index is 12.3. The fraction of sp³-hybridized carbons (Fsp3) is 0.500. The quantitative estimate of drug-likeness (QED) is 0.783. The Morgan fingerprint density at radius 3 is 2.85 bits per heavy atom. The number of hydrogen-bond acceptors (Lipinski definition) is 4. The lowest BCUT2D eigenvalue weighted by Gasteiger charge is -2.31. The molecule has 108 valence electrons. The van der Waals surface area contributed by atoms with E-state index in [9.17, 15) is 14.0 Å². The van der Waals surface area contributed by atoms with Crippen molar-refractivity contribution in [2.24, 2.45) is 5.92 Å². The number of nitrogens with zero attached hydrogens (tertiary/aromatic N) is 2. The SMILES string of the molecule is O=C(OCCF)C1CCCN(C(=O)c2ccncc2)C1. The average molecular weight is 280 g/mol. The summed E-state index contributed by atoms with van der Waals surface area (Å²) in [5.74, 6) is -0.897. The maximum absolute atomic E-state index is 12.3. The van der Waals surface area contributed by atoms with Crippen molar-refractivity contribution in [3.63, 3.8) is 0 Å². The van der Waals surface area contributed by atoms with E-state index in [0.717, 1.165) is 6.42 Å². The molecule has 1 aliphatic heterocycles. The minimum atomic E-state index is -0.682. The summed E-state index contributed by atoms with van der Waals surface area (Å²) >= 11 is 0. The van der Waals surface area contributed by atoms with Crippen molar-refractivity contribution < 1.29 is 18.7 Å². The van der Waals surface area contributed by atoms with Gasteiger partial charge in [0.25, 0.3) is 5.91 Å². The second-order valence-electron chi connectivity index (χ2n) is 4.68. The lowest BCUT2D eigenvalue weighted by Crippen LogP contribution is -2.42. The number of rotatable bonds is 4. The third-order valence-corrected chi connectivity index (χ3v) is 3.29. The molecule has 1 atom stereocenters. The van der Waals surface area contributed by atoms with Gasteiger partial charge in [-0.2, -0.15) is 0 Å². The first kappa shape index (κ1) is 14.4. The van der Waals surface area contributed by atoms with Crippen molar-refractivity contribution in [2.75, 3.05) is 26.4 Å². The fourth-order valence-electron chi connectivity index (χ4n) is 2.29. The second-order valence-corrected chi connectivity index (χ2v) is 4.68. The lowest BCUT2D eigenvalue weighted by molar-refractivity contribution is -0.150. The van der Waals surface area contributed by atoms with Crippen molar-refractivity contribution in [2.45, 2.75) is 12.8 Å². The maximum Gasteiger partial charge on any atom is 0.310 e. The van der Waals surface area contributed by atoms with Crippen LogP contribution in [0.15, 0.2) is 24.5 Å². The number of piperidine rings is 1. The van der Waals surface area contributed by atoms with Crippen LogP contribution in [0.4, 0.5) is 4.39 Å². The zero-order valence-electron chi connectivity index (χ0n) is 11.1. The Bertz CT molecular complexity index is 467. The van der Waals surface area contributed by atoms with Gasteiger partial charge in [-0.1, -0.05) is 0 Å². The molecule has 1 amide bonds. The molecule has 2 rings (SSSR count). The molecule has 2 heterocycles. The number of amides is 1. The van der Waals surface area contributed by atoms with Crippen LogP contribution in [-0.2, 0) is 9.53 Å². The van der Waals surface area contributed by atoms with E-state index in [-0.39, 0.29) is 18.4 Å². The van der Waals surface area contributed by atoms with Crippen LogP contribution in [-0.4, -0.2) is 48.1 Å². The van der Waals surface area contributed by atoms with Gasteiger partial charge in [0.1, 0.15) is 13.3 Å². The molecule has 0 spiro atoms. The molecule has 0 aliphatic carbocycles. The molecule has 1 aliphatic rings. The second kappa shape index (κ2) is 6.98. The highest BCUT2D eigenvalue weighted by Gasteiger charge is 2.29. The molecule has 1 saturated heterocycles.